The van der Waals surface area contributed by atoms with Crippen LogP contribution in [0.25, 0.3) is 0 Å². The number of aryl methyl sites for hydroxylation is 1. The van der Waals surface area contributed by atoms with Crippen molar-refractivity contribution in [2.45, 2.75) is 19.4 Å². The molecule has 0 saturated heterocycles. The lowest BCUT2D eigenvalue weighted by atomic mass is 9.98. The smallest absolute Gasteiger partial charge is 0.0845 e. The molecule has 0 saturated carbocycles. The van der Waals surface area contributed by atoms with Crippen LogP contribution in [0.1, 0.15) is 22.9 Å². The van der Waals surface area contributed by atoms with Gasteiger partial charge >= 0.3 is 0 Å². The first-order chi connectivity index (χ1) is 8.61. The van der Waals surface area contributed by atoms with Gasteiger partial charge in [-0.25, -0.2) is 0 Å². The van der Waals surface area contributed by atoms with Crippen LogP contribution in [0.15, 0.2) is 24.4 Å². The summed E-state index contributed by atoms with van der Waals surface area (Å²) in [5.74, 6) is 0. The van der Waals surface area contributed by atoms with E-state index in [1.165, 1.54) is 5.56 Å². The molecule has 0 aliphatic carbocycles. The molecule has 2 aromatic rings. The zero-order chi connectivity index (χ0) is 13.1. The lowest BCUT2D eigenvalue weighted by Gasteiger charge is -2.18. The summed E-state index contributed by atoms with van der Waals surface area (Å²) in [6.07, 6.45) is 2.73. The van der Waals surface area contributed by atoms with E-state index in [1.807, 2.05) is 39.3 Å². The van der Waals surface area contributed by atoms with Gasteiger partial charge in [-0.05, 0) is 31.2 Å². The first kappa shape index (κ1) is 13.1. The van der Waals surface area contributed by atoms with Crippen molar-refractivity contribution in [2.24, 2.45) is 7.05 Å². The van der Waals surface area contributed by atoms with Crippen molar-refractivity contribution in [3.63, 3.8) is 0 Å². The van der Waals surface area contributed by atoms with Gasteiger partial charge in [0, 0.05) is 30.7 Å². The number of aromatic nitrogens is 3. The largest absolute Gasteiger partial charge is 0.313 e. The molecule has 0 aliphatic rings. The molecule has 1 aromatic heterocycles. The zero-order valence-corrected chi connectivity index (χ0v) is 11.6. The van der Waals surface area contributed by atoms with Gasteiger partial charge in [-0.1, -0.05) is 28.9 Å². The lowest BCUT2D eigenvalue weighted by molar-refractivity contribution is 0.580. The van der Waals surface area contributed by atoms with E-state index in [9.17, 15) is 0 Å². The maximum absolute atomic E-state index is 6.16. The van der Waals surface area contributed by atoms with Crippen molar-refractivity contribution in [3.8, 4) is 0 Å². The molecule has 1 unspecified atom stereocenters. The van der Waals surface area contributed by atoms with E-state index < -0.39 is 0 Å². The second-order valence-corrected chi connectivity index (χ2v) is 4.79. The predicted molar refractivity (Wildman–Crippen MR) is 72.7 cm³/mol. The molecule has 0 fully saturated rings. The average Bonchev–Trinajstić information content (AvgIpc) is 2.76. The summed E-state index contributed by atoms with van der Waals surface area (Å²) in [6, 6.07) is 6.18. The van der Waals surface area contributed by atoms with Crippen molar-refractivity contribution in [1.29, 1.82) is 0 Å². The summed E-state index contributed by atoms with van der Waals surface area (Å²) in [7, 11) is 3.82. The fourth-order valence-electron chi connectivity index (χ4n) is 2.07. The number of nitrogens with zero attached hydrogens (tertiary/aromatic N) is 3. The van der Waals surface area contributed by atoms with Gasteiger partial charge in [0.1, 0.15) is 0 Å². The van der Waals surface area contributed by atoms with Crippen LogP contribution in [0.2, 0.25) is 5.02 Å². The Morgan fingerprint density at radius 2 is 2.22 bits per heavy atom. The molecule has 96 valence electrons. The molecule has 4 nitrogen and oxygen atoms in total. The van der Waals surface area contributed by atoms with E-state index >= 15 is 0 Å². The number of likely N-dealkylation sites (N-methyl/N-ethyl adjacent to an activating group) is 1. The van der Waals surface area contributed by atoms with Crippen LogP contribution in [0.5, 0.6) is 0 Å². The van der Waals surface area contributed by atoms with Crippen molar-refractivity contribution < 1.29 is 0 Å². The van der Waals surface area contributed by atoms with E-state index in [0.29, 0.717) is 0 Å². The minimum atomic E-state index is 0.195. The van der Waals surface area contributed by atoms with Gasteiger partial charge in [0.2, 0.25) is 0 Å². The Labute approximate surface area is 112 Å². The molecular formula is C13H17ClN4. The fraction of sp³-hybridized carbons (Fsp3) is 0.385. The highest BCUT2D eigenvalue weighted by Crippen LogP contribution is 2.25. The topological polar surface area (TPSA) is 42.7 Å². The summed E-state index contributed by atoms with van der Waals surface area (Å²) in [5.41, 5.74) is 3.29. The van der Waals surface area contributed by atoms with E-state index in [2.05, 4.69) is 21.7 Å². The van der Waals surface area contributed by atoms with Crippen LogP contribution in [-0.4, -0.2) is 22.0 Å². The van der Waals surface area contributed by atoms with E-state index in [4.69, 9.17) is 11.6 Å². The van der Waals surface area contributed by atoms with Gasteiger partial charge in [-0.2, -0.15) is 0 Å². The highest BCUT2D eigenvalue weighted by Gasteiger charge is 2.15. The number of hydrogen-bond acceptors (Lipinski definition) is 3. The highest BCUT2D eigenvalue weighted by molar-refractivity contribution is 6.31. The van der Waals surface area contributed by atoms with Crippen molar-refractivity contribution >= 4 is 11.6 Å². The fourth-order valence-corrected chi connectivity index (χ4v) is 2.25. The Kier molecular flexibility index (Phi) is 3.99. The molecule has 0 bridgehead atoms. The summed E-state index contributed by atoms with van der Waals surface area (Å²) >= 11 is 6.16. The summed E-state index contributed by atoms with van der Waals surface area (Å²) in [4.78, 5) is 0. The second-order valence-electron chi connectivity index (χ2n) is 4.38. The third-order valence-electron chi connectivity index (χ3n) is 3.10. The summed E-state index contributed by atoms with van der Waals surface area (Å²) < 4.78 is 1.72. The van der Waals surface area contributed by atoms with E-state index in [0.717, 1.165) is 22.7 Å². The van der Waals surface area contributed by atoms with Crippen LogP contribution in [0.3, 0.4) is 0 Å². The van der Waals surface area contributed by atoms with Gasteiger partial charge in [0.05, 0.1) is 5.69 Å². The lowest BCUT2D eigenvalue weighted by Crippen LogP contribution is -2.20. The molecule has 18 heavy (non-hydrogen) atoms. The van der Waals surface area contributed by atoms with Crippen molar-refractivity contribution in [2.75, 3.05) is 7.05 Å². The Balaban J connectivity index is 2.25. The third-order valence-corrected chi connectivity index (χ3v) is 3.51. The van der Waals surface area contributed by atoms with Gasteiger partial charge in [-0.15, -0.1) is 5.10 Å². The number of halogens is 1. The molecule has 1 atom stereocenters. The molecule has 1 aromatic carbocycles. The SMILES string of the molecule is CNC(Cc1cn(C)nn1)c1cccc(Cl)c1C. The molecule has 0 radical (unpaired) electrons. The van der Waals surface area contributed by atoms with Gasteiger partial charge in [0.15, 0.2) is 0 Å². The minimum absolute atomic E-state index is 0.195. The van der Waals surface area contributed by atoms with E-state index in [1.54, 1.807) is 4.68 Å². The highest BCUT2D eigenvalue weighted by atomic mass is 35.5. The van der Waals surface area contributed by atoms with Crippen molar-refractivity contribution in [3.05, 3.63) is 46.2 Å². The number of hydrogen-bond donors (Lipinski definition) is 1. The minimum Gasteiger partial charge on any atom is -0.313 e. The monoisotopic (exact) mass is 264 g/mol. The quantitative estimate of drug-likeness (QED) is 0.921. The van der Waals surface area contributed by atoms with Gasteiger partial charge in [-0.3, -0.25) is 4.68 Å². The van der Waals surface area contributed by atoms with Crippen LogP contribution < -0.4 is 5.32 Å². The maximum atomic E-state index is 6.16. The molecule has 1 N–H and O–H groups in total. The number of rotatable bonds is 4. The maximum Gasteiger partial charge on any atom is 0.0845 e. The first-order valence-electron chi connectivity index (χ1n) is 5.89. The molecular weight excluding hydrogens is 248 g/mol. The standard InChI is InChI=1S/C13H17ClN4/c1-9-11(5-4-6-12(9)14)13(15-2)7-10-8-18(3)17-16-10/h4-6,8,13,15H,7H2,1-3H3. The van der Waals surface area contributed by atoms with Crippen molar-refractivity contribution in [1.82, 2.24) is 20.3 Å². The Bertz CT molecular complexity index is 536. The zero-order valence-electron chi connectivity index (χ0n) is 10.8. The number of benzene rings is 1. The van der Waals surface area contributed by atoms with E-state index in [-0.39, 0.29) is 6.04 Å². The molecule has 0 amide bonds. The third kappa shape index (κ3) is 2.71. The average molecular weight is 265 g/mol. The number of nitrogens with one attached hydrogen (secondary N) is 1. The predicted octanol–water partition coefficient (Wildman–Crippen LogP) is 2.28. The van der Waals surface area contributed by atoms with Gasteiger partial charge < -0.3 is 5.32 Å². The first-order valence-corrected chi connectivity index (χ1v) is 6.27. The normalized spacial score (nSPS) is 12.7. The molecule has 1 heterocycles. The molecule has 0 spiro atoms. The Hall–Kier alpha value is -1.39. The van der Waals surface area contributed by atoms with Gasteiger partial charge in [0.25, 0.3) is 0 Å². The molecule has 0 aliphatic heterocycles. The second kappa shape index (κ2) is 5.50. The molecule has 5 heteroatoms. The Morgan fingerprint density at radius 3 is 2.83 bits per heavy atom. The van der Waals surface area contributed by atoms with Crippen LogP contribution in [-0.2, 0) is 13.5 Å². The summed E-state index contributed by atoms with van der Waals surface area (Å²) in [5, 5.41) is 12.2. The summed E-state index contributed by atoms with van der Waals surface area (Å²) in [6.45, 7) is 2.04. The molecule has 2 rings (SSSR count). The Morgan fingerprint density at radius 1 is 1.44 bits per heavy atom. The van der Waals surface area contributed by atoms with Crippen LogP contribution in [0, 0.1) is 6.92 Å². The van der Waals surface area contributed by atoms with Crippen LogP contribution in [0.4, 0.5) is 0 Å². The van der Waals surface area contributed by atoms with Crippen LogP contribution >= 0.6 is 11.6 Å².